The number of phenolic OH excluding ortho intramolecular Hbond substituents is 1. The van der Waals surface area contributed by atoms with Gasteiger partial charge in [0.05, 0.1) is 6.61 Å². The molecule has 1 fully saturated rings. The summed E-state index contributed by atoms with van der Waals surface area (Å²) >= 11 is 5.96. The second-order valence-electron chi connectivity index (χ2n) is 5.97. The quantitative estimate of drug-likeness (QED) is 0.894. The standard InChI is InChI=1S/C19H23ClN2O2/c1-2-24-19-13-15(3-8-18(19)23)14-21-9-11-22(12-10-21)17-6-4-16(20)5-7-17/h3-8,13,23H,2,9-12,14H2,1H3. The van der Waals surface area contributed by atoms with Crippen LogP contribution in [-0.4, -0.2) is 42.8 Å². The van der Waals surface area contributed by atoms with Crippen molar-refractivity contribution in [3.63, 3.8) is 0 Å². The number of piperazine rings is 1. The van der Waals surface area contributed by atoms with Gasteiger partial charge >= 0.3 is 0 Å². The zero-order chi connectivity index (χ0) is 16.9. The van der Waals surface area contributed by atoms with E-state index in [4.69, 9.17) is 16.3 Å². The summed E-state index contributed by atoms with van der Waals surface area (Å²) < 4.78 is 5.46. The van der Waals surface area contributed by atoms with Gasteiger partial charge in [-0.15, -0.1) is 0 Å². The number of nitrogens with zero attached hydrogens (tertiary/aromatic N) is 2. The molecule has 2 aromatic carbocycles. The predicted octanol–water partition coefficient (Wildman–Crippen LogP) is 3.77. The third-order valence-corrected chi connectivity index (χ3v) is 4.55. The number of halogens is 1. The Hall–Kier alpha value is -1.91. The Morgan fingerprint density at radius 3 is 2.42 bits per heavy atom. The Morgan fingerprint density at radius 1 is 1.04 bits per heavy atom. The van der Waals surface area contributed by atoms with E-state index in [-0.39, 0.29) is 5.75 Å². The maximum atomic E-state index is 9.80. The molecule has 1 aliphatic rings. The Kier molecular flexibility index (Phi) is 5.48. The van der Waals surface area contributed by atoms with Gasteiger partial charge in [-0.05, 0) is 48.9 Å². The molecule has 0 amide bonds. The van der Waals surface area contributed by atoms with Gasteiger partial charge in [0.2, 0.25) is 0 Å². The zero-order valence-corrected chi connectivity index (χ0v) is 14.7. The van der Waals surface area contributed by atoms with E-state index >= 15 is 0 Å². The smallest absolute Gasteiger partial charge is 0.161 e. The first-order valence-electron chi connectivity index (χ1n) is 8.33. The van der Waals surface area contributed by atoms with Gasteiger partial charge in [0.15, 0.2) is 11.5 Å². The zero-order valence-electron chi connectivity index (χ0n) is 13.9. The number of hydrogen-bond donors (Lipinski definition) is 1. The van der Waals surface area contributed by atoms with Crippen molar-refractivity contribution in [3.05, 3.63) is 53.1 Å². The molecule has 2 aromatic rings. The SMILES string of the molecule is CCOc1cc(CN2CCN(c3ccc(Cl)cc3)CC2)ccc1O. The van der Waals surface area contributed by atoms with Crippen molar-refractivity contribution in [1.82, 2.24) is 4.90 Å². The van der Waals surface area contributed by atoms with Crippen molar-refractivity contribution < 1.29 is 9.84 Å². The van der Waals surface area contributed by atoms with Crippen LogP contribution in [0.4, 0.5) is 5.69 Å². The lowest BCUT2D eigenvalue weighted by molar-refractivity contribution is 0.249. The third-order valence-electron chi connectivity index (χ3n) is 4.29. The van der Waals surface area contributed by atoms with E-state index < -0.39 is 0 Å². The van der Waals surface area contributed by atoms with E-state index in [1.54, 1.807) is 6.07 Å². The average Bonchev–Trinajstić information content (AvgIpc) is 2.60. The molecule has 0 radical (unpaired) electrons. The summed E-state index contributed by atoms with van der Waals surface area (Å²) in [5.74, 6) is 0.767. The largest absolute Gasteiger partial charge is 0.504 e. The van der Waals surface area contributed by atoms with Crippen LogP contribution in [-0.2, 0) is 6.54 Å². The highest BCUT2D eigenvalue weighted by Gasteiger charge is 2.17. The van der Waals surface area contributed by atoms with Crippen molar-refractivity contribution in [2.24, 2.45) is 0 Å². The number of ether oxygens (including phenoxy) is 1. The first-order valence-corrected chi connectivity index (χ1v) is 8.71. The monoisotopic (exact) mass is 346 g/mol. The first-order chi connectivity index (χ1) is 11.7. The lowest BCUT2D eigenvalue weighted by atomic mass is 10.1. The summed E-state index contributed by atoms with van der Waals surface area (Å²) in [7, 11) is 0. The molecule has 128 valence electrons. The second kappa shape index (κ2) is 7.77. The molecule has 1 heterocycles. The number of hydrogen-bond acceptors (Lipinski definition) is 4. The van der Waals surface area contributed by atoms with Crippen LogP contribution >= 0.6 is 11.6 Å². The minimum Gasteiger partial charge on any atom is -0.504 e. The van der Waals surface area contributed by atoms with Gasteiger partial charge in [-0.2, -0.15) is 0 Å². The maximum Gasteiger partial charge on any atom is 0.161 e. The molecule has 0 aliphatic carbocycles. The first kappa shape index (κ1) is 16.9. The van der Waals surface area contributed by atoms with Crippen LogP contribution in [0.25, 0.3) is 0 Å². The number of benzene rings is 2. The molecule has 0 atom stereocenters. The molecule has 1 N–H and O–H groups in total. The highest BCUT2D eigenvalue weighted by atomic mass is 35.5. The molecule has 0 bridgehead atoms. The van der Waals surface area contributed by atoms with Crippen LogP contribution in [0.3, 0.4) is 0 Å². The van der Waals surface area contributed by atoms with Crippen LogP contribution in [0.5, 0.6) is 11.5 Å². The highest BCUT2D eigenvalue weighted by Crippen LogP contribution is 2.27. The van der Waals surface area contributed by atoms with Crippen molar-refractivity contribution in [2.75, 3.05) is 37.7 Å². The van der Waals surface area contributed by atoms with Gasteiger partial charge in [0.1, 0.15) is 0 Å². The summed E-state index contributed by atoms with van der Waals surface area (Å²) in [6.45, 7) is 7.35. The Morgan fingerprint density at radius 2 is 1.75 bits per heavy atom. The molecule has 1 aliphatic heterocycles. The van der Waals surface area contributed by atoms with Crippen LogP contribution < -0.4 is 9.64 Å². The maximum absolute atomic E-state index is 9.80. The Bertz CT molecular complexity index is 668. The van der Waals surface area contributed by atoms with Crippen LogP contribution in [0.1, 0.15) is 12.5 Å². The molecule has 0 unspecified atom stereocenters. The minimum atomic E-state index is 0.202. The Balaban J connectivity index is 1.57. The third kappa shape index (κ3) is 4.13. The number of anilines is 1. The van der Waals surface area contributed by atoms with Gasteiger partial charge in [-0.25, -0.2) is 0 Å². The van der Waals surface area contributed by atoms with E-state index in [0.717, 1.165) is 43.3 Å². The van der Waals surface area contributed by atoms with Crippen molar-refractivity contribution in [1.29, 1.82) is 0 Å². The Labute approximate surface area is 148 Å². The summed E-state index contributed by atoms with van der Waals surface area (Å²) in [5.41, 5.74) is 2.39. The molecular weight excluding hydrogens is 324 g/mol. The van der Waals surface area contributed by atoms with Crippen LogP contribution in [0, 0.1) is 0 Å². The lowest BCUT2D eigenvalue weighted by Crippen LogP contribution is -2.45. The fraction of sp³-hybridized carbons (Fsp3) is 0.368. The van der Waals surface area contributed by atoms with Gasteiger partial charge in [-0.1, -0.05) is 17.7 Å². The normalized spacial score (nSPS) is 15.5. The molecule has 4 nitrogen and oxygen atoms in total. The van der Waals surface area contributed by atoms with Crippen molar-refractivity contribution in [3.8, 4) is 11.5 Å². The fourth-order valence-corrected chi connectivity index (χ4v) is 3.13. The summed E-state index contributed by atoms with van der Waals surface area (Å²) in [4.78, 5) is 4.81. The topological polar surface area (TPSA) is 35.9 Å². The van der Waals surface area contributed by atoms with E-state index in [1.165, 1.54) is 5.69 Å². The molecule has 24 heavy (non-hydrogen) atoms. The number of aromatic hydroxyl groups is 1. The lowest BCUT2D eigenvalue weighted by Gasteiger charge is -2.36. The highest BCUT2D eigenvalue weighted by molar-refractivity contribution is 6.30. The molecular formula is C19H23ClN2O2. The van der Waals surface area contributed by atoms with E-state index in [1.807, 2.05) is 31.2 Å². The van der Waals surface area contributed by atoms with Crippen molar-refractivity contribution >= 4 is 17.3 Å². The second-order valence-corrected chi connectivity index (χ2v) is 6.41. The van der Waals surface area contributed by atoms with Crippen LogP contribution in [0.2, 0.25) is 5.02 Å². The van der Waals surface area contributed by atoms with Gasteiger partial charge in [0.25, 0.3) is 0 Å². The summed E-state index contributed by atoms with van der Waals surface area (Å²) in [6, 6.07) is 13.6. The van der Waals surface area contributed by atoms with Crippen LogP contribution in [0.15, 0.2) is 42.5 Å². The summed E-state index contributed by atoms with van der Waals surface area (Å²) in [6.07, 6.45) is 0. The minimum absolute atomic E-state index is 0.202. The molecule has 0 spiro atoms. The summed E-state index contributed by atoms with van der Waals surface area (Å²) in [5, 5.41) is 10.6. The molecule has 0 aromatic heterocycles. The average molecular weight is 347 g/mol. The number of phenols is 1. The molecule has 1 saturated heterocycles. The van der Waals surface area contributed by atoms with Gasteiger partial charge in [-0.3, -0.25) is 4.90 Å². The van der Waals surface area contributed by atoms with E-state index in [2.05, 4.69) is 21.9 Å². The van der Waals surface area contributed by atoms with Gasteiger partial charge < -0.3 is 14.7 Å². The molecule has 3 rings (SSSR count). The predicted molar refractivity (Wildman–Crippen MR) is 98.2 cm³/mol. The van der Waals surface area contributed by atoms with E-state index in [9.17, 15) is 5.11 Å². The molecule has 5 heteroatoms. The fourth-order valence-electron chi connectivity index (χ4n) is 3.00. The van der Waals surface area contributed by atoms with E-state index in [0.29, 0.717) is 12.4 Å². The number of rotatable bonds is 5. The molecule has 0 saturated carbocycles. The van der Waals surface area contributed by atoms with Crippen molar-refractivity contribution in [2.45, 2.75) is 13.5 Å². The van der Waals surface area contributed by atoms with Gasteiger partial charge in [0, 0.05) is 43.4 Å².